The first-order chi connectivity index (χ1) is 29.7. The molecule has 0 bridgehead atoms. The fourth-order valence-corrected chi connectivity index (χ4v) is 8.85. The Labute approximate surface area is 345 Å². The van der Waals surface area contributed by atoms with Gasteiger partial charge in [0.2, 0.25) is 0 Å². The van der Waals surface area contributed by atoms with Crippen molar-refractivity contribution in [1.82, 2.24) is 15.0 Å². The van der Waals surface area contributed by atoms with E-state index in [-0.39, 0.29) is 0 Å². The van der Waals surface area contributed by atoms with Crippen LogP contribution in [-0.4, -0.2) is 15.0 Å². The quantitative estimate of drug-likeness (QED) is 0.168. The molecule has 0 radical (unpaired) electrons. The van der Waals surface area contributed by atoms with Crippen molar-refractivity contribution < 1.29 is 8.83 Å². The maximum atomic E-state index is 6.80. The molecule has 12 rings (SSSR count). The average Bonchev–Trinajstić information content (AvgIpc) is 3.90. The van der Waals surface area contributed by atoms with Gasteiger partial charge >= 0.3 is 0 Å². The summed E-state index contributed by atoms with van der Waals surface area (Å²) in [6.07, 6.45) is 8.27. The minimum atomic E-state index is 0.738. The summed E-state index contributed by atoms with van der Waals surface area (Å²) in [4.78, 5) is 15.8. The maximum Gasteiger partial charge on any atom is 0.162 e. The van der Waals surface area contributed by atoms with Crippen LogP contribution in [0.5, 0.6) is 0 Å². The molecule has 5 heteroatoms. The molecule has 0 N–H and O–H groups in total. The van der Waals surface area contributed by atoms with Gasteiger partial charge in [-0.25, -0.2) is 15.0 Å². The molecule has 5 nitrogen and oxygen atoms in total. The van der Waals surface area contributed by atoms with Crippen molar-refractivity contribution >= 4 is 60.4 Å². The highest BCUT2D eigenvalue weighted by atomic mass is 16.3. The van der Waals surface area contributed by atoms with Crippen LogP contribution < -0.4 is 0 Å². The predicted molar refractivity (Wildman–Crippen MR) is 245 cm³/mol. The Hall–Kier alpha value is -7.89. The van der Waals surface area contributed by atoms with Crippen LogP contribution in [0.2, 0.25) is 0 Å². The molecule has 0 aliphatic heterocycles. The second kappa shape index (κ2) is 13.9. The number of rotatable bonds is 6. The number of allylic oxidation sites excluding steroid dienone is 4. The summed E-state index contributed by atoms with van der Waals surface area (Å²) < 4.78 is 13.0. The topological polar surface area (TPSA) is 65.0 Å². The smallest absolute Gasteiger partial charge is 0.162 e. The van der Waals surface area contributed by atoms with Gasteiger partial charge in [0.1, 0.15) is 22.4 Å². The number of furan rings is 2. The molecule has 4 aromatic heterocycles. The van der Waals surface area contributed by atoms with E-state index in [4.69, 9.17) is 23.8 Å². The lowest BCUT2D eigenvalue weighted by Crippen LogP contribution is -2.00. The molecular formula is C55H35N3O2. The summed E-state index contributed by atoms with van der Waals surface area (Å²) in [7, 11) is 0. The molecule has 4 heterocycles. The predicted octanol–water partition coefficient (Wildman–Crippen LogP) is 14.9. The van der Waals surface area contributed by atoms with E-state index in [2.05, 4.69) is 152 Å². The molecular weight excluding hydrogens is 735 g/mol. The Bertz CT molecular complexity index is 3550. The van der Waals surface area contributed by atoms with Crippen LogP contribution in [-0.2, 0) is 0 Å². The van der Waals surface area contributed by atoms with Gasteiger partial charge in [-0.2, -0.15) is 0 Å². The summed E-state index contributed by atoms with van der Waals surface area (Å²) in [5.41, 5.74) is 15.4. The van der Waals surface area contributed by atoms with Gasteiger partial charge in [0.25, 0.3) is 0 Å². The summed E-state index contributed by atoms with van der Waals surface area (Å²) in [6.45, 7) is 0. The minimum absolute atomic E-state index is 0.738. The molecule has 1 aliphatic rings. The van der Waals surface area contributed by atoms with Crippen molar-refractivity contribution in [1.29, 1.82) is 0 Å². The molecule has 0 fully saturated rings. The first-order valence-electron chi connectivity index (χ1n) is 20.4. The average molecular weight is 770 g/mol. The molecule has 0 spiro atoms. The Morgan fingerprint density at radius 3 is 1.93 bits per heavy atom. The molecule has 1 aliphatic carbocycles. The number of hydrogen-bond acceptors (Lipinski definition) is 5. The van der Waals surface area contributed by atoms with E-state index in [1.807, 2.05) is 36.4 Å². The van der Waals surface area contributed by atoms with E-state index >= 15 is 0 Å². The van der Waals surface area contributed by atoms with Crippen LogP contribution in [0.25, 0.3) is 116 Å². The van der Waals surface area contributed by atoms with Crippen LogP contribution >= 0.6 is 0 Å². The van der Waals surface area contributed by atoms with Crippen molar-refractivity contribution in [2.45, 2.75) is 12.8 Å². The van der Waals surface area contributed by atoms with Crippen molar-refractivity contribution in [2.24, 2.45) is 0 Å². The zero-order valence-corrected chi connectivity index (χ0v) is 32.5. The highest BCUT2D eigenvalue weighted by molar-refractivity contribution is 6.24. The molecule has 0 unspecified atom stereocenters. The zero-order chi connectivity index (χ0) is 39.6. The highest BCUT2D eigenvalue weighted by Gasteiger charge is 2.22. The minimum Gasteiger partial charge on any atom is -0.456 e. The third-order valence-electron chi connectivity index (χ3n) is 11.7. The van der Waals surface area contributed by atoms with E-state index in [0.717, 1.165) is 124 Å². The van der Waals surface area contributed by atoms with Crippen molar-refractivity contribution in [3.63, 3.8) is 0 Å². The fraction of sp³-hybridized carbons (Fsp3) is 0.0364. The van der Waals surface area contributed by atoms with E-state index in [0.29, 0.717) is 0 Å². The monoisotopic (exact) mass is 769 g/mol. The molecule has 0 saturated heterocycles. The van der Waals surface area contributed by atoms with E-state index in [1.54, 1.807) is 0 Å². The Morgan fingerprint density at radius 2 is 1.10 bits per heavy atom. The van der Waals surface area contributed by atoms with Gasteiger partial charge in [-0.1, -0.05) is 133 Å². The van der Waals surface area contributed by atoms with Crippen LogP contribution in [0, 0.1) is 0 Å². The summed E-state index contributed by atoms with van der Waals surface area (Å²) in [6, 6.07) is 59.1. The standard InChI is InChI=1S/C55H35N3O2/c1-3-14-34(15-4-1)36-18-11-19-37(30-36)41-24-13-25-45-51(41)52-43-23-8-10-27-49(43)60-54(52)53(56-45)40-21-12-20-38(31-40)46-33-47(58-55(57-46)35-16-5-2-6-17-35)39-28-29-50-44(32-39)42-22-7-9-26-48(42)59-50/h1-5,7-16,18-33H,6,17H2. The van der Waals surface area contributed by atoms with E-state index in [1.165, 1.54) is 11.1 Å². The summed E-state index contributed by atoms with van der Waals surface area (Å²) in [5, 5.41) is 5.35. The SMILES string of the molecule is C1=CCCC(c2nc(-c3cccc(-c4nc5cccc(-c6cccc(-c7ccccc7)c6)c5c5c4oc4ccccc45)c3)cc(-c3ccc4oc5ccccc5c4c3)n2)=C1. The van der Waals surface area contributed by atoms with Gasteiger partial charge in [0.05, 0.1) is 16.9 Å². The van der Waals surface area contributed by atoms with E-state index < -0.39 is 0 Å². The lowest BCUT2D eigenvalue weighted by Gasteiger charge is -2.14. The number of fused-ring (bicyclic) bond motifs is 8. The van der Waals surface area contributed by atoms with Gasteiger partial charge in [0, 0.05) is 43.6 Å². The number of pyridine rings is 1. The van der Waals surface area contributed by atoms with Crippen LogP contribution in [0.1, 0.15) is 18.7 Å². The van der Waals surface area contributed by atoms with Crippen molar-refractivity contribution in [3.8, 4) is 56.0 Å². The maximum absolute atomic E-state index is 6.80. The Balaban J connectivity index is 1.03. The van der Waals surface area contributed by atoms with Crippen LogP contribution in [0.4, 0.5) is 0 Å². The number of hydrogen-bond donors (Lipinski definition) is 0. The number of nitrogens with zero attached hydrogens (tertiary/aromatic N) is 3. The van der Waals surface area contributed by atoms with Crippen LogP contribution in [0.3, 0.4) is 0 Å². The van der Waals surface area contributed by atoms with E-state index in [9.17, 15) is 0 Å². The molecule has 0 saturated carbocycles. The molecule has 282 valence electrons. The fourth-order valence-electron chi connectivity index (χ4n) is 8.85. The normalized spacial score (nSPS) is 12.9. The summed E-state index contributed by atoms with van der Waals surface area (Å²) in [5.74, 6) is 0.738. The first-order valence-corrected chi connectivity index (χ1v) is 20.4. The van der Waals surface area contributed by atoms with Gasteiger partial charge in [-0.15, -0.1) is 0 Å². The van der Waals surface area contributed by atoms with Gasteiger partial charge in [-0.05, 0) is 95.3 Å². The zero-order valence-electron chi connectivity index (χ0n) is 32.5. The van der Waals surface area contributed by atoms with Gasteiger partial charge in [0.15, 0.2) is 11.4 Å². The molecule has 11 aromatic rings. The van der Waals surface area contributed by atoms with Gasteiger partial charge in [-0.3, -0.25) is 0 Å². The highest BCUT2D eigenvalue weighted by Crippen LogP contribution is 2.44. The molecule has 0 amide bonds. The lowest BCUT2D eigenvalue weighted by molar-refractivity contribution is 0.668. The second-order valence-electron chi connectivity index (χ2n) is 15.4. The van der Waals surface area contributed by atoms with Gasteiger partial charge < -0.3 is 8.83 Å². The number of aromatic nitrogens is 3. The molecule has 60 heavy (non-hydrogen) atoms. The Kier molecular flexibility index (Phi) is 7.91. The molecule has 7 aromatic carbocycles. The van der Waals surface area contributed by atoms with Crippen molar-refractivity contribution in [3.05, 3.63) is 194 Å². The second-order valence-corrected chi connectivity index (χ2v) is 15.4. The Morgan fingerprint density at radius 1 is 0.433 bits per heavy atom. The summed E-state index contributed by atoms with van der Waals surface area (Å²) >= 11 is 0. The third-order valence-corrected chi connectivity index (χ3v) is 11.7. The van der Waals surface area contributed by atoms with Crippen LogP contribution in [0.15, 0.2) is 197 Å². The third kappa shape index (κ3) is 5.74. The first kappa shape index (κ1) is 34.2. The number of benzene rings is 7. The largest absolute Gasteiger partial charge is 0.456 e. The number of para-hydroxylation sites is 2. The molecule has 0 atom stereocenters. The lowest BCUT2D eigenvalue weighted by atomic mass is 9.93. The van der Waals surface area contributed by atoms with Crippen molar-refractivity contribution in [2.75, 3.05) is 0 Å².